The van der Waals surface area contributed by atoms with Crippen molar-refractivity contribution < 1.29 is 31.1 Å². The van der Waals surface area contributed by atoms with Gasteiger partial charge in [0.25, 0.3) is 10.0 Å². The van der Waals surface area contributed by atoms with Crippen LogP contribution in [0.25, 0.3) is 0 Å². The Morgan fingerprint density at radius 3 is 2.40 bits per heavy atom. The highest BCUT2D eigenvalue weighted by molar-refractivity contribution is 7.92. The summed E-state index contributed by atoms with van der Waals surface area (Å²) in [6.45, 7) is 2.75. The molecule has 8 nitrogen and oxygen atoms in total. The van der Waals surface area contributed by atoms with Gasteiger partial charge < -0.3 is 19.3 Å². The van der Waals surface area contributed by atoms with Crippen molar-refractivity contribution in [3.05, 3.63) is 70.6 Å². The topological polar surface area (TPSA) is 75.2 Å². The van der Waals surface area contributed by atoms with E-state index in [9.17, 15) is 12.8 Å². The first-order valence-electron chi connectivity index (χ1n) is 13.7. The molecule has 1 aliphatic heterocycles. The smallest absolute Gasteiger partial charge is 0.271 e. The molecule has 2 aromatic carbocycles. The van der Waals surface area contributed by atoms with Crippen LogP contribution in [0.15, 0.2) is 47.4 Å². The number of anilines is 2. The number of hydrogen-bond acceptors (Lipinski definition) is 7. The molecule has 2 heterocycles. The Morgan fingerprint density at radius 2 is 1.79 bits per heavy atom. The van der Waals surface area contributed by atoms with Crippen molar-refractivity contribution >= 4 is 33.1 Å². The van der Waals surface area contributed by atoms with Crippen LogP contribution >= 0.6 is 11.6 Å². The molecule has 232 valence electrons. The number of methoxy groups -OCH3 is 2. The number of benzene rings is 2. The molecule has 1 aliphatic carbocycles. The highest BCUT2D eigenvalue weighted by Crippen LogP contribution is 2.58. The largest absolute Gasteiger partial charge is 0.497 e. The molecule has 2 atom stereocenters. The molecular weight excluding hydrogens is 605 g/mol. The lowest BCUT2D eigenvalue weighted by Gasteiger charge is -2.59. The highest BCUT2D eigenvalue weighted by atomic mass is 35.5. The number of ether oxygens (including phenoxy) is 2. The summed E-state index contributed by atoms with van der Waals surface area (Å²) in [5, 5.41) is -0.503. The van der Waals surface area contributed by atoms with Crippen molar-refractivity contribution in [1.82, 2.24) is 9.88 Å². The summed E-state index contributed by atoms with van der Waals surface area (Å²) in [5.74, 6) is -3.41. The van der Waals surface area contributed by atoms with Gasteiger partial charge in [-0.05, 0) is 64.5 Å². The van der Waals surface area contributed by atoms with Gasteiger partial charge in [0.15, 0.2) is 10.7 Å². The number of nitrogens with zero attached hydrogens (tertiary/aromatic N) is 4. The second-order valence-electron chi connectivity index (χ2n) is 11.5. The van der Waals surface area contributed by atoms with Crippen molar-refractivity contribution in [2.24, 2.45) is 5.41 Å². The van der Waals surface area contributed by atoms with Crippen LogP contribution in [-0.4, -0.2) is 65.2 Å². The third-order valence-electron chi connectivity index (χ3n) is 9.32. The normalized spacial score (nSPS) is 21.8. The van der Waals surface area contributed by atoms with Gasteiger partial charge in [0.2, 0.25) is 5.95 Å². The standard InChI is InChI=1S/C30H34ClF3N4O4S/c1-29(36(2)3)11-12-30(29)13-14-37(18-30)22-16-21(32)28(27(34)26(22)31)43(39,40)38(25-8-6-7-24(33)35-25)17-19-9-10-20(41-4)15-23(19)42-5/h6-10,15-16H,11-14,17-18H2,1-5H3. The number of halogens is 4. The molecule has 0 amide bonds. The van der Waals surface area contributed by atoms with E-state index in [1.807, 2.05) is 19.0 Å². The van der Waals surface area contributed by atoms with Crippen LogP contribution < -0.4 is 18.7 Å². The lowest BCUT2D eigenvalue weighted by atomic mass is 9.54. The highest BCUT2D eigenvalue weighted by Gasteiger charge is 2.59. The van der Waals surface area contributed by atoms with Gasteiger partial charge in [-0.15, -0.1) is 0 Å². The SMILES string of the molecule is COc1ccc(CN(c2cccc(F)n2)S(=O)(=O)c2c(F)cc(N3CCC4(CCC4(C)N(C)C)C3)c(Cl)c2F)c(OC)c1. The molecule has 2 unspecified atom stereocenters. The van der Waals surface area contributed by atoms with Gasteiger partial charge in [0, 0.05) is 41.7 Å². The predicted octanol–water partition coefficient (Wildman–Crippen LogP) is 5.88. The number of pyridine rings is 1. The minimum Gasteiger partial charge on any atom is -0.497 e. The molecule has 2 aliphatic rings. The van der Waals surface area contributed by atoms with E-state index in [0.717, 1.165) is 31.4 Å². The van der Waals surface area contributed by atoms with Crippen molar-refractivity contribution in [3.63, 3.8) is 0 Å². The second kappa shape index (κ2) is 11.4. The molecule has 1 aromatic heterocycles. The van der Waals surface area contributed by atoms with E-state index in [2.05, 4.69) is 16.8 Å². The fraction of sp³-hybridized carbons (Fsp3) is 0.433. The van der Waals surface area contributed by atoms with E-state index >= 15 is 8.78 Å². The Bertz CT molecular complexity index is 1660. The molecule has 0 bridgehead atoms. The van der Waals surface area contributed by atoms with Gasteiger partial charge in [0.05, 0.1) is 26.5 Å². The minimum atomic E-state index is -5.02. The zero-order chi connectivity index (χ0) is 31.3. The molecule has 13 heteroatoms. The zero-order valence-electron chi connectivity index (χ0n) is 24.6. The molecule has 1 saturated carbocycles. The van der Waals surface area contributed by atoms with Crippen molar-refractivity contribution in [3.8, 4) is 11.5 Å². The third kappa shape index (κ3) is 5.17. The summed E-state index contributed by atoms with van der Waals surface area (Å²) in [6, 6.07) is 9.10. The van der Waals surface area contributed by atoms with Crippen LogP contribution in [0, 0.1) is 23.0 Å². The first-order chi connectivity index (χ1) is 20.3. The zero-order valence-corrected chi connectivity index (χ0v) is 26.2. The van der Waals surface area contributed by atoms with E-state index in [1.54, 1.807) is 6.07 Å². The van der Waals surface area contributed by atoms with Crippen LogP contribution in [-0.2, 0) is 16.6 Å². The maximum Gasteiger partial charge on any atom is 0.271 e. The van der Waals surface area contributed by atoms with E-state index < -0.39 is 44.1 Å². The Hall–Kier alpha value is -3.22. The molecule has 2 fully saturated rings. The lowest BCUT2D eigenvalue weighted by molar-refractivity contribution is -0.0724. The molecule has 0 N–H and O–H groups in total. The summed E-state index contributed by atoms with van der Waals surface area (Å²) < 4.78 is 85.4. The van der Waals surface area contributed by atoms with Crippen LogP contribution in [0.5, 0.6) is 11.5 Å². The second-order valence-corrected chi connectivity index (χ2v) is 13.6. The summed E-state index contributed by atoms with van der Waals surface area (Å²) in [6.07, 6.45) is 2.78. The number of sulfonamides is 1. The number of hydrogen-bond donors (Lipinski definition) is 0. The van der Waals surface area contributed by atoms with Gasteiger partial charge in [-0.2, -0.15) is 4.39 Å². The Labute approximate surface area is 255 Å². The van der Waals surface area contributed by atoms with Gasteiger partial charge in [-0.1, -0.05) is 17.7 Å². The minimum absolute atomic E-state index is 0.0738. The van der Waals surface area contributed by atoms with Gasteiger partial charge in [-0.25, -0.2) is 26.5 Å². The fourth-order valence-electron chi connectivity index (χ4n) is 6.37. The first-order valence-corrected chi connectivity index (χ1v) is 15.6. The Kier molecular flexibility index (Phi) is 8.25. The third-order valence-corrected chi connectivity index (χ3v) is 11.5. The van der Waals surface area contributed by atoms with Crippen LogP contribution in [0.2, 0.25) is 5.02 Å². The van der Waals surface area contributed by atoms with Crippen LogP contribution in [0.1, 0.15) is 31.7 Å². The molecule has 5 rings (SSSR count). The first kappa shape index (κ1) is 31.2. The summed E-state index contributed by atoms with van der Waals surface area (Å²) in [7, 11) is 1.86. The van der Waals surface area contributed by atoms with Crippen LogP contribution in [0.4, 0.5) is 24.7 Å². The molecule has 43 heavy (non-hydrogen) atoms. The monoisotopic (exact) mass is 638 g/mol. The maximum atomic E-state index is 16.0. The van der Waals surface area contributed by atoms with Crippen molar-refractivity contribution in [2.45, 2.75) is 43.2 Å². The van der Waals surface area contributed by atoms with Gasteiger partial charge >= 0.3 is 0 Å². The summed E-state index contributed by atoms with van der Waals surface area (Å²) in [4.78, 5) is 6.45. The Morgan fingerprint density at radius 1 is 1.05 bits per heavy atom. The van der Waals surface area contributed by atoms with E-state index in [0.29, 0.717) is 28.7 Å². The van der Waals surface area contributed by atoms with Gasteiger partial charge in [-0.3, -0.25) is 0 Å². The molecule has 1 saturated heterocycles. The quantitative estimate of drug-likeness (QED) is 0.214. The van der Waals surface area contributed by atoms with E-state index in [-0.39, 0.29) is 28.2 Å². The molecule has 0 radical (unpaired) electrons. The van der Waals surface area contributed by atoms with Crippen molar-refractivity contribution in [1.29, 1.82) is 0 Å². The number of aromatic nitrogens is 1. The molecule has 1 spiro atoms. The van der Waals surface area contributed by atoms with Gasteiger partial charge in [0.1, 0.15) is 28.2 Å². The Balaban J connectivity index is 1.56. The van der Waals surface area contributed by atoms with Crippen molar-refractivity contribution in [2.75, 3.05) is 50.6 Å². The maximum absolute atomic E-state index is 16.0. The number of rotatable bonds is 9. The average molecular weight is 639 g/mol. The predicted molar refractivity (Wildman–Crippen MR) is 159 cm³/mol. The molecular formula is C30H34ClF3N4O4S. The summed E-state index contributed by atoms with van der Waals surface area (Å²) in [5.41, 5.74) is 0.255. The molecule has 3 aromatic rings. The van der Waals surface area contributed by atoms with Crippen LogP contribution in [0.3, 0.4) is 0 Å². The summed E-state index contributed by atoms with van der Waals surface area (Å²) >= 11 is 6.48. The lowest BCUT2D eigenvalue weighted by Crippen LogP contribution is -2.64. The van der Waals surface area contributed by atoms with E-state index in [1.165, 1.54) is 38.5 Å². The van der Waals surface area contributed by atoms with E-state index in [4.69, 9.17) is 21.1 Å². The average Bonchev–Trinajstić information content (AvgIpc) is 3.44. The fourth-order valence-corrected chi connectivity index (χ4v) is 8.20.